The maximum atomic E-state index is 14.7. The first-order chi connectivity index (χ1) is 19.7. The van der Waals surface area contributed by atoms with Gasteiger partial charge < -0.3 is 29.5 Å². The van der Waals surface area contributed by atoms with Crippen molar-refractivity contribution in [2.45, 2.75) is 51.4 Å². The summed E-state index contributed by atoms with van der Waals surface area (Å²) >= 11 is 0. The number of aliphatic hydroxyl groups excluding tert-OH is 2. The molecule has 0 aliphatic carbocycles. The van der Waals surface area contributed by atoms with E-state index in [1.807, 2.05) is 13.8 Å². The van der Waals surface area contributed by atoms with Crippen molar-refractivity contribution in [3.63, 3.8) is 0 Å². The van der Waals surface area contributed by atoms with Crippen LogP contribution in [0.2, 0.25) is 0 Å². The Bertz CT molecular complexity index is 1140. The number of amides is 2. The van der Waals surface area contributed by atoms with E-state index in [4.69, 9.17) is 9.47 Å². The molecular weight excluding hydrogens is 531 g/mol. The summed E-state index contributed by atoms with van der Waals surface area (Å²) in [4.78, 5) is 29.8. The fourth-order valence-electron chi connectivity index (χ4n) is 4.44. The summed E-state index contributed by atoms with van der Waals surface area (Å²) in [7, 11) is 1.79. The SMILES string of the molecule is CC(C)CCO[C@@H]1CN(C(=O)c2ccccc2F)CCN(C(=O)/C=C/c2cnn(C)c2)CCCCOC[C@@H](O)[C@H]1O. The Morgan fingerprint density at radius 3 is 2.63 bits per heavy atom. The Hall–Kier alpha value is -3.12. The Labute approximate surface area is 241 Å². The van der Waals surface area contributed by atoms with Crippen molar-refractivity contribution in [3.05, 3.63) is 59.7 Å². The molecule has 2 N–H and O–H groups in total. The number of aromatic nitrogens is 2. The molecule has 1 saturated heterocycles. The van der Waals surface area contributed by atoms with E-state index >= 15 is 0 Å². The topological polar surface area (TPSA) is 117 Å². The number of halogens is 1. The number of aryl methyl sites for hydroxylation is 1. The van der Waals surface area contributed by atoms with Crippen molar-refractivity contribution in [2.75, 3.05) is 46.0 Å². The Morgan fingerprint density at radius 1 is 1.17 bits per heavy atom. The second-order valence-electron chi connectivity index (χ2n) is 10.8. The van der Waals surface area contributed by atoms with Gasteiger partial charge in [0.2, 0.25) is 5.91 Å². The van der Waals surface area contributed by atoms with Crippen LogP contribution >= 0.6 is 0 Å². The molecule has 3 atom stereocenters. The van der Waals surface area contributed by atoms with E-state index in [1.165, 1.54) is 29.2 Å². The third-order valence-corrected chi connectivity index (χ3v) is 6.94. The minimum atomic E-state index is -1.35. The van der Waals surface area contributed by atoms with E-state index in [2.05, 4.69) is 5.10 Å². The molecule has 1 fully saturated rings. The molecule has 1 aliphatic heterocycles. The van der Waals surface area contributed by atoms with Crippen LogP contribution in [0, 0.1) is 11.7 Å². The number of hydrogen-bond acceptors (Lipinski definition) is 7. The van der Waals surface area contributed by atoms with E-state index < -0.39 is 30.0 Å². The molecule has 0 unspecified atom stereocenters. The third-order valence-electron chi connectivity index (χ3n) is 6.94. The van der Waals surface area contributed by atoms with Crippen LogP contribution < -0.4 is 0 Å². The lowest BCUT2D eigenvalue weighted by molar-refractivity contribution is -0.127. The molecule has 1 aromatic heterocycles. The van der Waals surface area contributed by atoms with Gasteiger partial charge in [-0.05, 0) is 43.4 Å². The van der Waals surface area contributed by atoms with Crippen molar-refractivity contribution in [1.29, 1.82) is 0 Å². The number of rotatable bonds is 7. The fourth-order valence-corrected chi connectivity index (χ4v) is 4.44. The molecule has 0 radical (unpaired) electrons. The molecule has 3 rings (SSSR count). The van der Waals surface area contributed by atoms with Crippen LogP contribution in [-0.2, 0) is 21.3 Å². The number of benzene rings is 1. The number of ether oxygens (including phenoxy) is 2. The van der Waals surface area contributed by atoms with E-state index in [0.29, 0.717) is 44.9 Å². The predicted molar refractivity (Wildman–Crippen MR) is 152 cm³/mol. The van der Waals surface area contributed by atoms with Crippen molar-refractivity contribution in [3.8, 4) is 0 Å². The van der Waals surface area contributed by atoms with Gasteiger partial charge >= 0.3 is 0 Å². The minimum absolute atomic E-state index is 0.0724. The number of carbonyl (C=O) groups is 2. The smallest absolute Gasteiger partial charge is 0.256 e. The standard InChI is InChI=1S/C30H43FN4O6/c1-22(2)12-17-41-27-20-35(30(39)24-8-4-5-9-25(24)31)15-14-34(13-6-7-16-40-21-26(36)29(27)38)28(37)11-10-23-18-32-33(3)19-23/h4-5,8-11,18-19,22,26-27,29,36,38H,6-7,12-17,20-21H2,1-3H3/b11-10+/t26-,27-,29-/m1/s1. The van der Waals surface area contributed by atoms with Gasteiger partial charge in [-0.25, -0.2) is 4.39 Å². The Kier molecular flexibility index (Phi) is 12.9. The van der Waals surface area contributed by atoms with Gasteiger partial charge in [0.25, 0.3) is 5.91 Å². The third kappa shape index (κ3) is 10.3. The monoisotopic (exact) mass is 574 g/mol. The highest BCUT2D eigenvalue weighted by atomic mass is 19.1. The normalized spacial score (nSPS) is 21.8. The van der Waals surface area contributed by atoms with E-state index in [1.54, 1.807) is 41.2 Å². The predicted octanol–water partition coefficient (Wildman–Crippen LogP) is 2.51. The highest BCUT2D eigenvalue weighted by molar-refractivity contribution is 5.94. The highest BCUT2D eigenvalue weighted by Gasteiger charge is 2.32. The van der Waals surface area contributed by atoms with Gasteiger partial charge in [0.15, 0.2) is 0 Å². The zero-order valence-corrected chi connectivity index (χ0v) is 24.2. The Balaban J connectivity index is 1.87. The van der Waals surface area contributed by atoms with Gasteiger partial charge in [-0.2, -0.15) is 5.10 Å². The van der Waals surface area contributed by atoms with E-state index in [-0.39, 0.29) is 37.7 Å². The molecule has 226 valence electrons. The van der Waals surface area contributed by atoms with Gasteiger partial charge in [0, 0.05) is 64.3 Å². The van der Waals surface area contributed by atoms with Gasteiger partial charge in [-0.1, -0.05) is 26.0 Å². The maximum absolute atomic E-state index is 14.7. The van der Waals surface area contributed by atoms with Crippen molar-refractivity contribution < 1.29 is 33.7 Å². The lowest BCUT2D eigenvalue weighted by Gasteiger charge is -2.34. The zero-order chi connectivity index (χ0) is 29.8. The van der Waals surface area contributed by atoms with Crippen LogP contribution in [-0.4, -0.2) is 106 Å². The fraction of sp³-hybridized carbons (Fsp3) is 0.567. The molecule has 0 saturated carbocycles. The first-order valence-corrected chi connectivity index (χ1v) is 14.2. The lowest BCUT2D eigenvalue weighted by Crippen LogP contribution is -2.51. The number of hydrogen-bond donors (Lipinski definition) is 2. The van der Waals surface area contributed by atoms with Crippen molar-refractivity contribution in [2.24, 2.45) is 13.0 Å². The molecular formula is C30H43FN4O6. The molecule has 0 spiro atoms. The van der Waals surface area contributed by atoms with Gasteiger partial charge in [0.1, 0.15) is 24.1 Å². The molecule has 10 nitrogen and oxygen atoms in total. The average Bonchev–Trinajstić information content (AvgIpc) is 3.37. The first-order valence-electron chi connectivity index (χ1n) is 14.2. The molecule has 1 aliphatic rings. The summed E-state index contributed by atoms with van der Waals surface area (Å²) in [6, 6.07) is 5.69. The van der Waals surface area contributed by atoms with Crippen LogP contribution in [0.25, 0.3) is 6.08 Å². The largest absolute Gasteiger partial charge is 0.388 e. The molecule has 11 heteroatoms. The molecule has 0 bridgehead atoms. The van der Waals surface area contributed by atoms with Crippen LogP contribution in [0.5, 0.6) is 0 Å². The van der Waals surface area contributed by atoms with Crippen LogP contribution in [0.3, 0.4) is 0 Å². The molecule has 41 heavy (non-hydrogen) atoms. The van der Waals surface area contributed by atoms with E-state index in [9.17, 15) is 24.2 Å². The van der Waals surface area contributed by atoms with Crippen molar-refractivity contribution in [1.82, 2.24) is 19.6 Å². The molecule has 1 aromatic carbocycles. The summed E-state index contributed by atoms with van der Waals surface area (Å²) in [5.41, 5.74) is 0.656. The molecule has 2 heterocycles. The van der Waals surface area contributed by atoms with Crippen LogP contribution in [0.1, 0.15) is 49.0 Å². The highest BCUT2D eigenvalue weighted by Crippen LogP contribution is 2.16. The quantitative estimate of drug-likeness (QED) is 0.488. The maximum Gasteiger partial charge on any atom is 0.256 e. The summed E-state index contributed by atoms with van der Waals surface area (Å²) in [6.45, 7) is 5.18. The van der Waals surface area contributed by atoms with E-state index in [0.717, 1.165) is 5.56 Å². The van der Waals surface area contributed by atoms with Crippen LogP contribution in [0.4, 0.5) is 4.39 Å². The average molecular weight is 575 g/mol. The second-order valence-corrected chi connectivity index (χ2v) is 10.8. The number of aliphatic hydroxyl groups is 2. The number of nitrogens with zero attached hydrogens (tertiary/aromatic N) is 4. The van der Waals surface area contributed by atoms with Crippen LogP contribution in [0.15, 0.2) is 42.7 Å². The second kappa shape index (κ2) is 16.4. The summed E-state index contributed by atoms with van der Waals surface area (Å²) in [6.07, 6.45) is 5.03. The summed E-state index contributed by atoms with van der Waals surface area (Å²) < 4.78 is 27.9. The van der Waals surface area contributed by atoms with Crippen molar-refractivity contribution >= 4 is 17.9 Å². The summed E-state index contributed by atoms with van der Waals surface area (Å²) in [5.74, 6) is -1.16. The Morgan fingerprint density at radius 2 is 1.93 bits per heavy atom. The van der Waals surface area contributed by atoms with Gasteiger partial charge in [-0.3, -0.25) is 14.3 Å². The zero-order valence-electron chi connectivity index (χ0n) is 24.2. The lowest BCUT2D eigenvalue weighted by atomic mass is 10.1. The minimum Gasteiger partial charge on any atom is -0.388 e. The molecule has 2 amide bonds. The number of carbonyl (C=O) groups excluding carboxylic acids is 2. The van der Waals surface area contributed by atoms with Gasteiger partial charge in [0.05, 0.1) is 18.4 Å². The molecule has 2 aromatic rings. The summed E-state index contributed by atoms with van der Waals surface area (Å²) in [5, 5.41) is 25.8. The van der Waals surface area contributed by atoms with Gasteiger partial charge in [-0.15, -0.1) is 0 Å². The first kappa shape index (κ1) is 32.4.